The van der Waals surface area contributed by atoms with Gasteiger partial charge in [-0.1, -0.05) is 37.3 Å². The van der Waals surface area contributed by atoms with Gasteiger partial charge in [0.25, 0.3) is 0 Å². The molecule has 0 aliphatic carbocycles. The van der Waals surface area contributed by atoms with Crippen LogP contribution >= 0.6 is 7.82 Å². The van der Waals surface area contributed by atoms with Gasteiger partial charge < -0.3 is 19.0 Å². The van der Waals surface area contributed by atoms with E-state index >= 15 is 0 Å². The SMILES string of the molecule is CCC(C(=O)c1ccc(OP(=O)([O-])Oc2ccccc2)cc1)c1ccc(O)cc1.[Na+]. The Morgan fingerprint density at radius 3 is 2.00 bits per heavy atom. The Balaban J connectivity index is 0.00000320. The summed E-state index contributed by atoms with van der Waals surface area (Å²) in [7, 11) is -4.61. The van der Waals surface area contributed by atoms with Crippen molar-refractivity contribution in [3.63, 3.8) is 0 Å². The van der Waals surface area contributed by atoms with Gasteiger partial charge >= 0.3 is 37.4 Å². The van der Waals surface area contributed by atoms with Gasteiger partial charge in [0.1, 0.15) is 17.2 Å². The Hall–Kier alpha value is -2.08. The molecule has 3 rings (SSSR count). The molecule has 0 aliphatic rings. The maximum atomic E-state index is 12.9. The average molecular weight is 434 g/mol. The van der Waals surface area contributed by atoms with Gasteiger partial charge in [-0.2, -0.15) is 0 Å². The molecule has 0 amide bonds. The van der Waals surface area contributed by atoms with Crippen LogP contribution in [0, 0.1) is 0 Å². The van der Waals surface area contributed by atoms with Gasteiger partial charge in [0.2, 0.25) is 0 Å². The zero-order valence-electron chi connectivity index (χ0n) is 16.7. The predicted octanol–water partition coefficient (Wildman–Crippen LogP) is 1.70. The normalized spacial score (nSPS) is 13.4. The molecule has 0 bridgehead atoms. The van der Waals surface area contributed by atoms with Gasteiger partial charge in [0.05, 0.1) is 0 Å². The third-order valence-corrected chi connectivity index (χ3v) is 5.21. The van der Waals surface area contributed by atoms with E-state index < -0.39 is 7.82 Å². The molecule has 3 aromatic rings. The van der Waals surface area contributed by atoms with Gasteiger partial charge in [0.15, 0.2) is 5.78 Å². The van der Waals surface area contributed by atoms with Crippen LogP contribution in [0.4, 0.5) is 0 Å². The summed E-state index contributed by atoms with van der Waals surface area (Å²) in [5, 5.41) is 9.43. The minimum absolute atomic E-state index is 0. The minimum atomic E-state index is -4.61. The number of hydrogen-bond donors (Lipinski definition) is 1. The first-order valence-electron chi connectivity index (χ1n) is 9.06. The zero-order chi connectivity index (χ0) is 20.9. The molecule has 0 radical (unpaired) electrons. The first kappa shape index (κ1) is 24.2. The van der Waals surface area contributed by atoms with E-state index in [9.17, 15) is 19.4 Å². The maximum Gasteiger partial charge on any atom is 1.00 e. The van der Waals surface area contributed by atoms with Gasteiger partial charge in [-0.05, 0) is 60.5 Å². The van der Waals surface area contributed by atoms with E-state index in [0.29, 0.717) is 12.0 Å². The van der Waals surface area contributed by atoms with Crippen molar-refractivity contribution in [1.82, 2.24) is 0 Å². The Labute approximate surface area is 197 Å². The number of phosphoric ester groups is 1. The second-order valence-electron chi connectivity index (χ2n) is 6.38. The van der Waals surface area contributed by atoms with Crippen LogP contribution in [0.25, 0.3) is 0 Å². The third-order valence-electron chi connectivity index (χ3n) is 4.34. The number of rotatable bonds is 8. The van der Waals surface area contributed by atoms with Gasteiger partial charge in [-0.15, -0.1) is 0 Å². The number of phenols is 1. The number of Topliss-reactive ketones (excluding diaryl/α,β-unsaturated/α-hetero) is 1. The van der Waals surface area contributed by atoms with E-state index in [1.165, 1.54) is 36.4 Å². The molecule has 0 aliphatic heterocycles. The maximum absolute atomic E-state index is 12.9. The third kappa shape index (κ3) is 6.46. The van der Waals surface area contributed by atoms with E-state index in [1.807, 2.05) is 6.92 Å². The van der Waals surface area contributed by atoms with Crippen LogP contribution in [0.2, 0.25) is 0 Å². The molecule has 2 atom stereocenters. The zero-order valence-corrected chi connectivity index (χ0v) is 19.6. The van der Waals surface area contributed by atoms with E-state index in [0.717, 1.165) is 5.56 Å². The monoisotopic (exact) mass is 434 g/mol. The van der Waals surface area contributed by atoms with Crippen molar-refractivity contribution in [3.8, 4) is 17.2 Å². The molecule has 0 spiro atoms. The van der Waals surface area contributed by atoms with Crippen molar-refractivity contribution in [1.29, 1.82) is 0 Å². The topological polar surface area (TPSA) is 95.9 Å². The number of carbonyl (C=O) groups excluding carboxylic acids is 1. The fraction of sp³-hybridized carbons (Fsp3) is 0.136. The first-order valence-corrected chi connectivity index (χ1v) is 10.5. The van der Waals surface area contributed by atoms with Crippen LogP contribution in [0.15, 0.2) is 78.9 Å². The van der Waals surface area contributed by atoms with Crippen molar-refractivity contribution < 1.29 is 58.0 Å². The van der Waals surface area contributed by atoms with Crippen molar-refractivity contribution in [3.05, 3.63) is 90.0 Å². The van der Waals surface area contributed by atoms with Crippen LogP contribution in [0.3, 0.4) is 0 Å². The summed E-state index contributed by atoms with van der Waals surface area (Å²) in [4.78, 5) is 24.9. The number of carbonyl (C=O) groups is 1. The van der Waals surface area contributed by atoms with Crippen molar-refractivity contribution in [2.75, 3.05) is 0 Å². The second kappa shape index (κ2) is 10.8. The number of benzene rings is 3. The minimum Gasteiger partial charge on any atom is -0.736 e. The van der Waals surface area contributed by atoms with Crippen molar-refractivity contribution in [2.24, 2.45) is 0 Å². The predicted molar refractivity (Wildman–Crippen MR) is 107 cm³/mol. The second-order valence-corrected chi connectivity index (χ2v) is 7.64. The fourth-order valence-corrected chi connectivity index (χ4v) is 3.72. The Morgan fingerprint density at radius 2 is 1.47 bits per heavy atom. The summed E-state index contributed by atoms with van der Waals surface area (Å²) in [6.45, 7) is 1.90. The molecular formula is C22H20NaO6P. The van der Waals surface area contributed by atoms with Crippen LogP contribution in [-0.2, 0) is 4.57 Å². The Kier molecular flexibility index (Phi) is 8.71. The summed E-state index contributed by atoms with van der Waals surface area (Å²) in [6, 6.07) is 20.4. The summed E-state index contributed by atoms with van der Waals surface area (Å²) in [5.74, 6) is -0.131. The van der Waals surface area contributed by atoms with Crippen LogP contribution < -0.4 is 43.5 Å². The van der Waals surface area contributed by atoms with Gasteiger partial charge in [-0.3, -0.25) is 4.79 Å². The molecule has 8 heteroatoms. The van der Waals surface area contributed by atoms with Crippen molar-refractivity contribution in [2.45, 2.75) is 19.3 Å². The number of phosphoric acid groups is 1. The Morgan fingerprint density at radius 1 is 0.933 bits per heavy atom. The number of aromatic hydroxyl groups is 1. The fourth-order valence-electron chi connectivity index (χ4n) is 2.92. The molecular weight excluding hydrogens is 414 g/mol. The molecule has 1 N–H and O–H groups in total. The Bertz CT molecular complexity index is 1010. The first-order chi connectivity index (χ1) is 13.9. The molecule has 150 valence electrons. The molecule has 0 saturated carbocycles. The number of ketones is 1. The van der Waals surface area contributed by atoms with Crippen LogP contribution in [0.5, 0.6) is 17.2 Å². The molecule has 0 heterocycles. The smallest absolute Gasteiger partial charge is 0.736 e. The van der Waals surface area contributed by atoms with E-state index in [4.69, 9.17) is 9.05 Å². The number of para-hydroxylation sites is 1. The number of phenolic OH excluding ortho intramolecular Hbond substituents is 1. The van der Waals surface area contributed by atoms with Crippen LogP contribution in [0.1, 0.15) is 35.2 Å². The average Bonchev–Trinajstić information content (AvgIpc) is 2.70. The van der Waals surface area contributed by atoms with E-state index in [1.54, 1.807) is 42.5 Å². The largest absolute Gasteiger partial charge is 1.00 e. The van der Waals surface area contributed by atoms with Crippen LogP contribution in [-0.4, -0.2) is 10.9 Å². The quantitative estimate of drug-likeness (QED) is 0.329. The van der Waals surface area contributed by atoms with Crippen molar-refractivity contribution >= 4 is 13.6 Å². The number of hydrogen-bond acceptors (Lipinski definition) is 6. The summed E-state index contributed by atoms with van der Waals surface area (Å²) >= 11 is 0. The molecule has 0 saturated heterocycles. The summed E-state index contributed by atoms with van der Waals surface area (Å²) in [6.07, 6.45) is 0.586. The molecule has 0 fully saturated rings. The molecule has 6 nitrogen and oxygen atoms in total. The standard InChI is InChI=1S/C22H21O6P.Na/c1-2-21(16-8-12-18(23)13-9-16)22(24)17-10-14-20(15-11-17)28-29(25,26)27-19-6-4-3-5-7-19;/h3-15,21,23H,2H2,1H3,(H,25,26);/q;+1/p-1. The van der Waals surface area contributed by atoms with Gasteiger partial charge in [-0.25, -0.2) is 4.57 Å². The van der Waals surface area contributed by atoms with Gasteiger partial charge in [0, 0.05) is 11.5 Å². The summed E-state index contributed by atoms with van der Waals surface area (Å²) in [5.41, 5.74) is 1.23. The van der Waals surface area contributed by atoms with E-state index in [2.05, 4.69) is 0 Å². The molecule has 30 heavy (non-hydrogen) atoms. The molecule has 3 aromatic carbocycles. The molecule has 0 aromatic heterocycles. The summed E-state index contributed by atoms with van der Waals surface area (Å²) < 4.78 is 21.9. The molecule has 2 unspecified atom stereocenters. The van der Waals surface area contributed by atoms with E-state index in [-0.39, 0.29) is 58.5 Å².